The van der Waals surface area contributed by atoms with Crippen LogP contribution >= 0.6 is 0 Å². The summed E-state index contributed by atoms with van der Waals surface area (Å²) in [5.41, 5.74) is 4.03. The van der Waals surface area contributed by atoms with Gasteiger partial charge in [0.2, 0.25) is 0 Å². The molecule has 0 saturated carbocycles. The predicted octanol–water partition coefficient (Wildman–Crippen LogP) is 6.16. The van der Waals surface area contributed by atoms with Crippen LogP contribution in [0.1, 0.15) is 42.9 Å². The Morgan fingerprint density at radius 3 is 2.54 bits per heavy atom. The number of ether oxygens (including phenoxy) is 3. The molecule has 1 heterocycles. The zero-order valence-electron chi connectivity index (χ0n) is 21.6. The fourth-order valence-electron chi connectivity index (χ4n) is 4.34. The maximum atomic E-state index is 13.1. The van der Waals surface area contributed by atoms with Gasteiger partial charge in [0.1, 0.15) is 30.6 Å². The maximum absolute atomic E-state index is 13.1. The van der Waals surface area contributed by atoms with E-state index in [4.69, 9.17) is 14.2 Å². The Balaban J connectivity index is 1.37. The highest BCUT2D eigenvalue weighted by Crippen LogP contribution is 2.31. The standard InChI is InChI=1S/C31H32N2O4/c1-4-22(2)24-10-12-27(13-11-24)36-17-18-37-29-14-9-23(20-30(29)35-3)19-26(21-32)31(34)33-16-15-25-7-5-6-8-28(25)33/h5-14,19-20,22H,4,15-18H2,1-3H3. The molecular formula is C31H32N2O4. The lowest BCUT2D eigenvalue weighted by atomic mass is 9.99. The van der Waals surface area contributed by atoms with E-state index in [2.05, 4.69) is 32.0 Å². The van der Waals surface area contributed by atoms with Crippen LogP contribution in [-0.2, 0) is 11.2 Å². The van der Waals surface area contributed by atoms with Crippen LogP contribution in [-0.4, -0.2) is 32.8 Å². The number of rotatable bonds is 10. The van der Waals surface area contributed by atoms with Gasteiger partial charge in [0, 0.05) is 12.2 Å². The number of para-hydroxylation sites is 1. The molecule has 1 atom stereocenters. The molecule has 0 saturated heterocycles. The molecule has 3 aromatic rings. The zero-order chi connectivity index (χ0) is 26.2. The third-order valence-corrected chi connectivity index (χ3v) is 6.65. The molecule has 0 aromatic heterocycles. The fraction of sp³-hybridized carbons (Fsp3) is 0.290. The molecule has 1 unspecified atom stereocenters. The Kier molecular flexibility index (Phi) is 8.48. The van der Waals surface area contributed by atoms with Crippen LogP contribution in [0.2, 0.25) is 0 Å². The number of amides is 1. The highest BCUT2D eigenvalue weighted by Gasteiger charge is 2.26. The van der Waals surface area contributed by atoms with E-state index < -0.39 is 0 Å². The normalized spacial score (nSPS) is 13.5. The SMILES string of the molecule is CCC(C)c1ccc(OCCOc2ccc(C=C(C#N)C(=O)N3CCc4ccccc43)cc2OC)cc1. The summed E-state index contributed by atoms with van der Waals surface area (Å²) < 4.78 is 17.2. The van der Waals surface area contributed by atoms with E-state index in [0.717, 1.165) is 29.8 Å². The molecule has 3 aromatic carbocycles. The van der Waals surface area contributed by atoms with E-state index in [-0.39, 0.29) is 11.5 Å². The summed E-state index contributed by atoms with van der Waals surface area (Å²) in [6.07, 6.45) is 3.47. The molecule has 1 aliphatic heterocycles. The first-order valence-electron chi connectivity index (χ1n) is 12.6. The quantitative estimate of drug-likeness (QED) is 0.191. The van der Waals surface area contributed by atoms with Gasteiger partial charge < -0.3 is 19.1 Å². The van der Waals surface area contributed by atoms with Crippen molar-refractivity contribution in [3.63, 3.8) is 0 Å². The molecule has 190 valence electrons. The lowest BCUT2D eigenvalue weighted by Gasteiger charge is -2.16. The second-order valence-corrected chi connectivity index (χ2v) is 8.99. The van der Waals surface area contributed by atoms with Crippen molar-refractivity contribution < 1.29 is 19.0 Å². The van der Waals surface area contributed by atoms with Gasteiger partial charge in [-0.05, 0) is 71.9 Å². The number of nitrogens with zero attached hydrogens (tertiary/aromatic N) is 2. The Hall–Kier alpha value is -4.24. The van der Waals surface area contributed by atoms with Crippen LogP contribution in [0, 0.1) is 11.3 Å². The van der Waals surface area contributed by atoms with Crippen molar-refractivity contribution in [3.8, 4) is 23.3 Å². The van der Waals surface area contributed by atoms with Gasteiger partial charge in [0.05, 0.1) is 7.11 Å². The van der Waals surface area contributed by atoms with E-state index in [1.165, 1.54) is 5.56 Å². The number of anilines is 1. The minimum Gasteiger partial charge on any atom is -0.493 e. The van der Waals surface area contributed by atoms with Gasteiger partial charge in [-0.3, -0.25) is 4.79 Å². The summed E-state index contributed by atoms with van der Waals surface area (Å²) >= 11 is 0. The maximum Gasteiger partial charge on any atom is 0.268 e. The monoisotopic (exact) mass is 496 g/mol. The zero-order valence-corrected chi connectivity index (χ0v) is 21.6. The highest BCUT2D eigenvalue weighted by molar-refractivity contribution is 6.12. The Morgan fingerprint density at radius 1 is 1.05 bits per heavy atom. The minimum atomic E-state index is -0.305. The van der Waals surface area contributed by atoms with Gasteiger partial charge in [0.25, 0.3) is 5.91 Å². The number of fused-ring (bicyclic) bond motifs is 1. The second kappa shape index (κ2) is 12.1. The van der Waals surface area contributed by atoms with E-state index in [9.17, 15) is 10.1 Å². The van der Waals surface area contributed by atoms with Crippen molar-refractivity contribution in [1.82, 2.24) is 0 Å². The molecule has 0 radical (unpaired) electrons. The minimum absolute atomic E-state index is 0.0696. The average Bonchev–Trinajstić information content (AvgIpc) is 3.38. The Labute approximate surface area is 218 Å². The Morgan fingerprint density at radius 2 is 1.81 bits per heavy atom. The summed E-state index contributed by atoms with van der Waals surface area (Å²) in [4.78, 5) is 14.8. The number of carbonyl (C=O) groups is 1. The van der Waals surface area contributed by atoms with Crippen LogP contribution in [0.4, 0.5) is 5.69 Å². The first-order chi connectivity index (χ1) is 18.0. The number of methoxy groups -OCH3 is 1. The van der Waals surface area contributed by atoms with Crippen molar-refractivity contribution in [2.75, 3.05) is 31.8 Å². The van der Waals surface area contributed by atoms with Gasteiger partial charge >= 0.3 is 0 Å². The third kappa shape index (κ3) is 6.13. The van der Waals surface area contributed by atoms with E-state index >= 15 is 0 Å². The first-order valence-corrected chi connectivity index (χ1v) is 12.6. The highest BCUT2D eigenvalue weighted by atomic mass is 16.5. The molecular weight excluding hydrogens is 464 g/mol. The van der Waals surface area contributed by atoms with Crippen molar-refractivity contribution >= 4 is 17.7 Å². The summed E-state index contributed by atoms with van der Waals surface area (Å²) in [7, 11) is 1.56. The van der Waals surface area contributed by atoms with Gasteiger partial charge in [-0.25, -0.2) is 0 Å². The summed E-state index contributed by atoms with van der Waals surface area (Å²) in [6.45, 7) is 5.69. The predicted molar refractivity (Wildman–Crippen MR) is 145 cm³/mol. The average molecular weight is 497 g/mol. The first kappa shape index (κ1) is 25.8. The van der Waals surface area contributed by atoms with E-state index in [1.807, 2.05) is 36.4 Å². The van der Waals surface area contributed by atoms with Crippen LogP contribution in [0.25, 0.3) is 6.08 Å². The molecule has 1 amide bonds. The van der Waals surface area contributed by atoms with Gasteiger partial charge in [-0.15, -0.1) is 0 Å². The second-order valence-electron chi connectivity index (χ2n) is 8.99. The van der Waals surface area contributed by atoms with Crippen molar-refractivity contribution in [2.24, 2.45) is 0 Å². The van der Waals surface area contributed by atoms with Crippen molar-refractivity contribution in [1.29, 1.82) is 5.26 Å². The summed E-state index contributed by atoms with van der Waals surface area (Å²) in [6, 6.07) is 23.3. The number of hydrogen-bond acceptors (Lipinski definition) is 5. The molecule has 6 heteroatoms. The lowest BCUT2D eigenvalue weighted by molar-refractivity contribution is -0.114. The number of hydrogen-bond donors (Lipinski definition) is 0. The largest absolute Gasteiger partial charge is 0.493 e. The topological polar surface area (TPSA) is 71.8 Å². The van der Waals surface area contributed by atoms with Crippen molar-refractivity contribution in [2.45, 2.75) is 32.6 Å². The molecule has 6 nitrogen and oxygen atoms in total. The number of nitriles is 1. The summed E-state index contributed by atoms with van der Waals surface area (Å²) in [5, 5.41) is 9.70. The van der Waals surface area contributed by atoms with Gasteiger partial charge in [-0.1, -0.05) is 50.2 Å². The fourth-order valence-corrected chi connectivity index (χ4v) is 4.34. The molecule has 0 fully saturated rings. The van der Waals surface area contributed by atoms with Crippen LogP contribution in [0.5, 0.6) is 17.2 Å². The molecule has 1 aliphatic rings. The Bertz CT molecular complexity index is 1310. The van der Waals surface area contributed by atoms with E-state index in [0.29, 0.717) is 42.7 Å². The van der Waals surface area contributed by atoms with Crippen molar-refractivity contribution in [3.05, 3.63) is 89.0 Å². The lowest BCUT2D eigenvalue weighted by Crippen LogP contribution is -2.29. The van der Waals surface area contributed by atoms with Gasteiger partial charge in [0.15, 0.2) is 11.5 Å². The van der Waals surface area contributed by atoms with Crippen LogP contribution in [0.3, 0.4) is 0 Å². The number of carbonyl (C=O) groups excluding carboxylic acids is 1. The van der Waals surface area contributed by atoms with Crippen LogP contribution in [0.15, 0.2) is 72.3 Å². The van der Waals surface area contributed by atoms with Gasteiger partial charge in [-0.2, -0.15) is 5.26 Å². The molecule has 4 rings (SSSR count). The summed E-state index contributed by atoms with van der Waals surface area (Å²) in [5.74, 6) is 2.11. The molecule has 0 spiro atoms. The third-order valence-electron chi connectivity index (χ3n) is 6.65. The molecule has 0 aliphatic carbocycles. The van der Waals surface area contributed by atoms with E-state index in [1.54, 1.807) is 36.3 Å². The molecule has 0 bridgehead atoms. The molecule has 0 N–H and O–H groups in total. The smallest absolute Gasteiger partial charge is 0.268 e. The molecule has 37 heavy (non-hydrogen) atoms. The number of benzene rings is 3. The van der Waals surface area contributed by atoms with Crippen LogP contribution < -0.4 is 19.1 Å².